The lowest BCUT2D eigenvalue weighted by molar-refractivity contribution is 0.0734. The molecule has 2 rings (SSSR count). The molecule has 0 bridgehead atoms. The van der Waals surface area contributed by atoms with Crippen LogP contribution in [0.5, 0.6) is 0 Å². The molecular weight excluding hydrogens is 264 g/mol. The predicted octanol–water partition coefficient (Wildman–Crippen LogP) is 2.81. The number of halogens is 1. The van der Waals surface area contributed by atoms with E-state index in [2.05, 4.69) is 13.8 Å². The van der Waals surface area contributed by atoms with E-state index >= 15 is 0 Å². The molecule has 1 fully saturated rings. The fourth-order valence-corrected chi connectivity index (χ4v) is 2.00. The van der Waals surface area contributed by atoms with Gasteiger partial charge in [-0.05, 0) is 31.2 Å². The van der Waals surface area contributed by atoms with Gasteiger partial charge in [0.15, 0.2) is 0 Å². The zero-order valence-electron chi connectivity index (χ0n) is 11.6. The molecule has 1 heterocycles. The number of hydrogen-bond acceptors (Lipinski definition) is 3. The van der Waals surface area contributed by atoms with Gasteiger partial charge in [0, 0.05) is 12.6 Å². The molecule has 0 atom stereocenters. The van der Waals surface area contributed by atoms with Crippen molar-refractivity contribution in [2.45, 2.75) is 45.7 Å². The van der Waals surface area contributed by atoms with Gasteiger partial charge in [0.25, 0.3) is 5.91 Å². The van der Waals surface area contributed by atoms with Gasteiger partial charge < -0.3 is 15.1 Å². The third-order valence-electron chi connectivity index (χ3n) is 3.30. The normalized spacial score (nSPS) is 14.3. The highest BCUT2D eigenvalue weighted by Crippen LogP contribution is 2.29. The first kappa shape index (κ1) is 16.1. The van der Waals surface area contributed by atoms with Gasteiger partial charge in [-0.1, -0.05) is 13.8 Å². The van der Waals surface area contributed by atoms with E-state index < -0.39 is 0 Å². The lowest BCUT2D eigenvalue weighted by atomic mass is 10.1. The lowest BCUT2D eigenvalue weighted by Gasteiger charge is -2.22. The topological polar surface area (TPSA) is 59.5 Å². The molecule has 0 aromatic carbocycles. The summed E-state index contributed by atoms with van der Waals surface area (Å²) in [7, 11) is 0. The molecule has 19 heavy (non-hydrogen) atoms. The maximum atomic E-state index is 12.4. The summed E-state index contributed by atoms with van der Waals surface area (Å²) in [6, 6.07) is 2.19. The van der Waals surface area contributed by atoms with Crippen LogP contribution in [-0.4, -0.2) is 23.4 Å². The lowest BCUT2D eigenvalue weighted by Crippen LogP contribution is -2.34. The smallest absolute Gasteiger partial charge is 0.257 e. The Morgan fingerprint density at radius 3 is 2.68 bits per heavy atom. The number of hydrogen-bond donors (Lipinski definition) is 1. The van der Waals surface area contributed by atoms with Gasteiger partial charge in [-0.3, -0.25) is 4.79 Å². The molecule has 1 aromatic heterocycles. The molecular formula is C14H23ClN2O2. The van der Waals surface area contributed by atoms with Crippen LogP contribution in [0.25, 0.3) is 0 Å². The summed E-state index contributed by atoms with van der Waals surface area (Å²) in [5.74, 6) is 1.36. The van der Waals surface area contributed by atoms with Crippen molar-refractivity contribution in [1.82, 2.24) is 4.90 Å². The second-order valence-corrected chi connectivity index (χ2v) is 5.42. The van der Waals surface area contributed by atoms with Crippen molar-refractivity contribution >= 4 is 18.3 Å². The molecule has 0 unspecified atom stereocenters. The number of furan rings is 1. The van der Waals surface area contributed by atoms with Crippen LogP contribution in [-0.2, 0) is 6.54 Å². The first-order chi connectivity index (χ1) is 8.61. The highest BCUT2D eigenvalue weighted by Gasteiger charge is 2.33. The van der Waals surface area contributed by atoms with Crippen LogP contribution < -0.4 is 5.73 Å². The van der Waals surface area contributed by atoms with Gasteiger partial charge in [-0.25, -0.2) is 0 Å². The minimum absolute atomic E-state index is 0. The molecule has 0 saturated heterocycles. The molecule has 1 aliphatic rings. The average molecular weight is 287 g/mol. The van der Waals surface area contributed by atoms with Crippen LogP contribution in [0.1, 0.15) is 49.2 Å². The summed E-state index contributed by atoms with van der Waals surface area (Å²) < 4.78 is 5.24. The molecule has 108 valence electrons. The summed E-state index contributed by atoms with van der Waals surface area (Å²) in [5.41, 5.74) is 6.12. The fraction of sp³-hybridized carbons (Fsp3) is 0.643. The van der Waals surface area contributed by atoms with Crippen molar-refractivity contribution in [3.05, 3.63) is 23.7 Å². The Hall–Kier alpha value is -1.00. The zero-order valence-corrected chi connectivity index (χ0v) is 12.4. The van der Waals surface area contributed by atoms with E-state index in [1.54, 1.807) is 6.07 Å². The summed E-state index contributed by atoms with van der Waals surface area (Å²) in [6.07, 6.45) is 4.83. The van der Waals surface area contributed by atoms with Gasteiger partial charge in [-0.2, -0.15) is 0 Å². The second-order valence-electron chi connectivity index (χ2n) is 5.42. The van der Waals surface area contributed by atoms with Gasteiger partial charge in [0.1, 0.15) is 12.0 Å². The number of rotatable bonds is 6. The van der Waals surface area contributed by atoms with E-state index in [0.29, 0.717) is 29.8 Å². The number of nitrogens with zero attached hydrogens (tertiary/aromatic N) is 1. The number of nitrogens with two attached hydrogens (primary N) is 1. The van der Waals surface area contributed by atoms with Crippen molar-refractivity contribution in [3.63, 3.8) is 0 Å². The first-order valence-corrected chi connectivity index (χ1v) is 6.70. The quantitative estimate of drug-likeness (QED) is 0.875. The maximum absolute atomic E-state index is 12.4. The minimum atomic E-state index is 0. The van der Waals surface area contributed by atoms with Crippen LogP contribution in [0.3, 0.4) is 0 Å². The van der Waals surface area contributed by atoms with Crippen LogP contribution in [0.15, 0.2) is 16.7 Å². The number of amides is 1. The summed E-state index contributed by atoms with van der Waals surface area (Å²) >= 11 is 0. The standard InChI is InChI=1S/C14H22N2O2.ClH/c1-10(2)5-6-16(12-3-4-12)14(17)11-7-13(8-15)18-9-11;/h7,9-10,12H,3-6,8,15H2,1-2H3;1H. The Morgan fingerprint density at radius 2 is 2.21 bits per heavy atom. The van der Waals surface area contributed by atoms with Crippen LogP contribution >= 0.6 is 12.4 Å². The van der Waals surface area contributed by atoms with Gasteiger partial charge >= 0.3 is 0 Å². The molecule has 1 aliphatic carbocycles. The molecule has 5 heteroatoms. The van der Waals surface area contributed by atoms with Crippen molar-refractivity contribution in [2.75, 3.05) is 6.54 Å². The van der Waals surface area contributed by atoms with E-state index in [9.17, 15) is 4.79 Å². The summed E-state index contributed by atoms with van der Waals surface area (Å²) in [6.45, 7) is 5.53. The Morgan fingerprint density at radius 1 is 1.53 bits per heavy atom. The summed E-state index contributed by atoms with van der Waals surface area (Å²) in [4.78, 5) is 14.4. The average Bonchev–Trinajstić information content (AvgIpc) is 3.06. The van der Waals surface area contributed by atoms with Crippen molar-refractivity contribution in [1.29, 1.82) is 0 Å². The van der Waals surface area contributed by atoms with Gasteiger partial charge in [0.2, 0.25) is 0 Å². The van der Waals surface area contributed by atoms with E-state index in [-0.39, 0.29) is 18.3 Å². The van der Waals surface area contributed by atoms with E-state index in [0.717, 1.165) is 25.8 Å². The fourth-order valence-electron chi connectivity index (χ4n) is 2.00. The molecule has 4 nitrogen and oxygen atoms in total. The molecule has 2 N–H and O–H groups in total. The second kappa shape index (κ2) is 6.96. The largest absolute Gasteiger partial charge is 0.467 e. The monoisotopic (exact) mass is 286 g/mol. The van der Waals surface area contributed by atoms with Crippen LogP contribution in [0.4, 0.5) is 0 Å². The Bertz CT molecular complexity index is 413. The number of carbonyl (C=O) groups is 1. The minimum Gasteiger partial charge on any atom is -0.467 e. The van der Waals surface area contributed by atoms with Crippen LogP contribution in [0.2, 0.25) is 0 Å². The Balaban J connectivity index is 0.00000180. The number of carbonyl (C=O) groups excluding carboxylic acids is 1. The third-order valence-corrected chi connectivity index (χ3v) is 3.30. The first-order valence-electron chi connectivity index (χ1n) is 6.70. The Kier molecular flexibility index (Phi) is 5.88. The van der Waals surface area contributed by atoms with E-state index in [1.165, 1.54) is 6.26 Å². The van der Waals surface area contributed by atoms with E-state index in [4.69, 9.17) is 10.2 Å². The van der Waals surface area contributed by atoms with Gasteiger partial charge in [-0.15, -0.1) is 12.4 Å². The molecule has 1 aromatic rings. The third kappa shape index (κ3) is 4.25. The molecule has 0 aliphatic heterocycles. The van der Waals surface area contributed by atoms with Gasteiger partial charge in [0.05, 0.1) is 12.1 Å². The highest BCUT2D eigenvalue weighted by molar-refractivity contribution is 5.94. The van der Waals surface area contributed by atoms with E-state index in [1.807, 2.05) is 4.90 Å². The summed E-state index contributed by atoms with van der Waals surface area (Å²) in [5, 5.41) is 0. The molecule has 0 spiro atoms. The molecule has 1 amide bonds. The predicted molar refractivity (Wildman–Crippen MR) is 77.4 cm³/mol. The van der Waals surface area contributed by atoms with Crippen molar-refractivity contribution < 1.29 is 9.21 Å². The zero-order chi connectivity index (χ0) is 13.1. The maximum Gasteiger partial charge on any atom is 0.257 e. The molecule has 0 radical (unpaired) electrons. The SMILES string of the molecule is CC(C)CCN(C(=O)c1coc(CN)c1)C1CC1.Cl. The van der Waals surface area contributed by atoms with Crippen molar-refractivity contribution in [3.8, 4) is 0 Å². The molecule has 1 saturated carbocycles. The van der Waals surface area contributed by atoms with Crippen LogP contribution in [0, 0.1) is 5.92 Å². The van der Waals surface area contributed by atoms with Crippen molar-refractivity contribution in [2.24, 2.45) is 11.7 Å². The highest BCUT2D eigenvalue weighted by atomic mass is 35.5. The Labute approximate surface area is 120 Å².